The van der Waals surface area contributed by atoms with Crippen LogP contribution in [0, 0.1) is 13.8 Å². The highest BCUT2D eigenvalue weighted by Gasteiger charge is 2.16. The van der Waals surface area contributed by atoms with Crippen molar-refractivity contribution < 1.29 is 4.79 Å². The van der Waals surface area contributed by atoms with E-state index in [9.17, 15) is 4.79 Å². The molecule has 1 aromatic carbocycles. The van der Waals surface area contributed by atoms with Crippen molar-refractivity contribution >= 4 is 11.6 Å². The zero-order valence-corrected chi connectivity index (χ0v) is 13.4. The average molecular weight is 289 g/mol. The molecule has 1 aliphatic rings. The largest absolute Gasteiger partial charge is 0.325 e. The molecule has 1 fully saturated rings. The van der Waals surface area contributed by atoms with Gasteiger partial charge >= 0.3 is 0 Å². The normalized spacial score (nSPS) is 18.8. The minimum atomic E-state index is 0.0558. The first-order valence-electron chi connectivity index (χ1n) is 7.83. The number of amides is 1. The maximum atomic E-state index is 12.1. The molecule has 0 aliphatic carbocycles. The Labute approximate surface area is 127 Å². The third-order valence-electron chi connectivity index (χ3n) is 4.01. The molecule has 1 aromatic rings. The van der Waals surface area contributed by atoms with Crippen LogP contribution in [0.25, 0.3) is 0 Å². The number of carbonyl (C=O) groups is 1. The smallest absolute Gasteiger partial charge is 0.238 e. The molecule has 4 heteroatoms. The Morgan fingerprint density at radius 2 is 2.19 bits per heavy atom. The van der Waals surface area contributed by atoms with Gasteiger partial charge in [-0.2, -0.15) is 0 Å². The summed E-state index contributed by atoms with van der Waals surface area (Å²) in [6.07, 6.45) is 3.77. The second-order valence-electron chi connectivity index (χ2n) is 6.21. The molecular weight excluding hydrogens is 262 g/mol. The highest BCUT2D eigenvalue weighted by Crippen LogP contribution is 2.16. The third-order valence-corrected chi connectivity index (χ3v) is 4.01. The van der Waals surface area contributed by atoms with E-state index in [1.165, 1.54) is 24.8 Å². The number of rotatable bonds is 5. The number of likely N-dealkylation sites (N-methyl/N-ethyl adjacent to an activating group) is 1. The fraction of sp³-hybridized carbons (Fsp3) is 0.588. The number of benzene rings is 1. The number of hydrogen-bond donors (Lipinski definition) is 2. The van der Waals surface area contributed by atoms with Crippen molar-refractivity contribution in [3.8, 4) is 0 Å². The van der Waals surface area contributed by atoms with Crippen LogP contribution < -0.4 is 10.6 Å². The highest BCUT2D eigenvalue weighted by atomic mass is 16.2. The molecule has 1 heterocycles. The van der Waals surface area contributed by atoms with Gasteiger partial charge in [-0.25, -0.2) is 0 Å². The van der Waals surface area contributed by atoms with Gasteiger partial charge in [-0.3, -0.25) is 9.69 Å². The van der Waals surface area contributed by atoms with E-state index >= 15 is 0 Å². The summed E-state index contributed by atoms with van der Waals surface area (Å²) in [5, 5.41) is 6.52. The van der Waals surface area contributed by atoms with Crippen LogP contribution in [-0.2, 0) is 4.79 Å². The second-order valence-corrected chi connectivity index (χ2v) is 6.21. The van der Waals surface area contributed by atoms with Crippen molar-refractivity contribution in [1.82, 2.24) is 10.2 Å². The fourth-order valence-electron chi connectivity index (χ4n) is 2.91. The Kier molecular flexibility index (Phi) is 5.76. The van der Waals surface area contributed by atoms with Gasteiger partial charge in [-0.1, -0.05) is 24.1 Å². The Hall–Kier alpha value is -1.39. The maximum Gasteiger partial charge on any atom is 0.238 e. The highest BCUT2D eigenvalue weighted by molar-refractivity contribution is 5.92. The monoisotopic (exact) mass is 289 g/mol. The summed E-state index contributed by atoms with van der Waals surface area (Å²) in [6, 6.07) is 6.62. The first kappa shape index (κ1) is 16.0. The van der Waals surface area contributed by atoms with E-state index in [1.54, 1.807) is 0 Å². The van der Waals surface area contributed by atoms with E-state index in [-0.39, 0.29) is 5.91 Å². The Bertz CT molecular complexity index is 481. The maximum absolute atomic E-state index is 12.1. The van der Waals surface area contributed by atoms with Crippen LogP contribution in [0.15, 0.2) is 18.2 Å². The van der Waals surface area contributed by atoms with Crippen molar-refractivity contribution in [2.75, 3.05) is 32.0 Å². The summed E-state index contributed by atoms with van der Waals surface area (Å²) in [5.41, 5.74) is 3.24. The van der Waals surface area contributed by atoms with Crippen molar-refractivity contribution in [3.63, 3.8) is 0 Å². The van der Waals surface area contributed by atoms with Gasteiger partial charge in [0.25, 0.3) is 0 Å². The van der Waals surface area contributed by atoms with Crippen molar-refractivity contribution in [3.05, 3.63) is 29.3 Å². The molecule has 0 radical (unpaired) electrons. The van der Waals surface area contributed by atoms with Crippen molar-refractivity contribution in [2.24, 2.45) is 0 Å². The lowest BCUT2D eigenvalue weighted by molar-refractivity contribution is -0.117. The third kappa shape index (κ3) is 5.14. The van der Waals surface area contributed by atoms with Gasteiger partial charge in [0.1, 0.15) is 0 Å². The fourth-order valence-corrected chi connectivity index (χ4v) is 2.91. The molecule has 1 saturated heterocycles. The molecule has 1 atom stereocenters. The van der Waals surface area contributed by atoms with Gasteiger partial charge in [-0.15, -0.1) is 0 Å². The molecule has 1 amide bonds. The van der Waals surface area contributed by atoms with Crippen molar-refractivity contribution in [2.45, 2.75) is 39.2 Å². The predicted octanol–water partition coefficient (Wildman–Crippen LogP) is 2.32. The summed E-state index contributed by atoms with van der Waals surface area (Å²) in [4.78, 5) is 14.2. The van der Waals surface area contributed by atoms with E-state index in [0.717, 1.165) is 24.3 Å². The molecule has 116 valence electrons. The molecule has 1 aliphatic heterocycles. The molecule has 2 N–H and O–H groups in total. The molecule has 0 aromatic heterocycles. The van der Waals surface area contributed by atoms with Gasteiger partial charge < -0.3 is 10.6 Å². The SMILES string of the molecule is Cc1ccc(NC(=O)CN(C)CC2CCCCN2)c(C)c1. The number of anilines is 1. The van der Waals surface area contributed by atoms with E-state index in [1.807, 2.05) is 26.1 Å². The van der Waals surface area contributed by atoms with Crippen LogP contribution in [-0.4, -0.2) is 43.5 Å². The lowest BCUT2D eigenvalue weighted by atomic mass is 10.0. The van der Waals surface area contributed by atoms with Gasteiger partial charge in [0.2, 0.25) is 5.91 Å². The number of aryl methyl sites for hydroxylation is 2. The summed E-state index contributed by atoms with van der Waals surface area (Å²) in [7, 11) is 2.01. The second kappa shape index (κ2) is 7.57. The molecule has 0 saturated carbocycles. The van der Waals surface area contributed by atoms with Crippen LogP contribution in [0.2, 0.25) is 0 Å². The van der Waals surface area contributed by atoms with E-state index in [2.05, 4.69) is 28.5 Å². The molecule has 2 rings (SSSR count). The molecule has 0 spiro atoms. The molecule has 4 nitrogen and oxygen atoms in total. The lowest BCUT2D eigenvalue weighted by Crippen LogP contribution is -2.44. The number of carbonyl (C=O) groups excluding carboxylic acids is 1. The average Bonchev–Trinajstić information content (AvgIpc) is 2.43. The Morgan fingerprint density at radius 1 is 1.38 bits per heavy atom. The summed E-state index contributed by atoms with van der Waals surface area (Å²) >= 11 is 0. The quantitative estimate of drug-likeness (QED) is 0.874. The first-order chi connectivity index (χ1) is 10.0. The number of hydrogen-bond acceptors (Lipinski definition) is 3. The molecule has 0 bridgehead atoms. The van der Waals surface area contributed by atoms with Crippen LogP contribution in [0.1, 0.15) is 30.4 Å². The summed E-state index contributed by atoms with van der Waals surface area (Å²) in [5.74, 6) is 0.0558. The van der Waals surface area contributed by atoms with Gasteiger partial charge in [0.15, 0.2) is 0 Å². The first-order valence-corrected chi connectivity index (χ1v) is 7.83. The zero-order valence-electron chi connectivity index (χ0n) is 13.4. The summed E-state index contributed by atoms with van der Waals surface area (Å²) in [6.45, 7) is 6.56. The van der Waals surface area contributed by atoms with E-state index in [4.69, 9.17) is 0 Å². The number of nitrogens with one attached hydrogen (secondary N) is 2. The van der Waals surface area contributed by atoms with Crippen LogP contribution >= 0.6 is 0 Å². The molecule has 21 heavy (non-hydrogen) atoms. The van der Waals surface area contributed by atoms with Crippen molar-refractivity contribution in [1.29, 1.82) is 0 Å². The van der Waals surface area contributed by atoms with Crippen LogP contribution in [0.3, 0.4) is 0 Å². The van der Waals surface area contributed by atoms with Gasteiger partial charge in [0.05, 0.1) is 6.54 Å². The van der Waals surface area contributed by atoms with Gasteiger partial charge in [-0.05, 0) is 51.9 Å². The Morgan fingerprint density at radius 3 is 2.86 bits per heavy atom. The standard InChI is InChI=1S/C17H27N3O/c1-13-7-8-16(14(2)10-13)19-17(21)12-20(3)11-15-6-4-5-9-18-15/h7-8,10,15,18H,4-6,9,11-12H2,1-3H3,(H,19,21). The van der Waals surface area contributed by atoms with E-state index in [0.29, 0.717) is 12.6 Å². The topological polar surface area (TPSA) is 44.4 Å². The molecule has 1 unspecified atom stereocenters. The molecular formula is C17H27N3O. The van der Waals surface area contributed by atoms with Gasteiger partial charge in [0, 0.05) is 18.3 Å². The Balaban J connectivity index is 1.80. The summed E-state index contributed by atoms with van der Waals surface area (Å²) < 4.78 is 0. The van der Waals surface area contributed by atoms with Crippen LogP contribution in [0.4, 0.5) is 5.69 Å². The predicted molar refractivity (Wildman–Crippen MR) is 87.7 cm³/mol. The minimum absolute atomic E-state index is 0.0558. The lowest BCUT2D eigenvalue weighted by Gasteiger charge is -2.27. The number of piperidine rings is 1. The zero-order chi connectivity index (χ0) is 15.2. The number of nitrogens with zero attached hydrogens (tertiary/aromatic N) is 1. The van der Waals surface area contributed by atoms with Crippen LogP contribution in [0.5, 0.6) is 0 Å². The van der Waals surface area contributed by atoms with E-state index < -0.39 is 0 Å². The minimum Gasteiger partial charge on any atom is -0.325 e.